The van der Waals surface area contributed by atoms with E-state index in [2.05, 4.69) is 19.2 Å². The van der Waals surface area contributed by atoms with E-state index in [0.717, 1.165) is 5.57 Å². The topological polar surface area (TPSA) is 69.7 Å². The monoisotopic (exact) mass is 331 g/mol. The highest BCUT2D eigenvalue weighted by Crippen LogP contribution is 2.18. The van der Waals surface area contributed by atoms with Crippen molar-refractivity contribution >= 4 is 15.9 Å². The second-order valence-electron chi connectivity index (χ2n) is 6.55. The van der Waals surface area contributed by atoms with Gasteiger partial charge in [0, 0.05) is 25.3 Å². The molecule has 1 rings (SSSR count). The Labute approximate surface area is 134 Å². The minimum Gasteiger partial charge on any atom is -0.319 e. The summed E-state index contributed by atoms with van der Waals surface area (Å²) in [7, 11) is 0.862. The van der Waals surface area contributed by atoms with Crippen molar-refractivity contribution in [1.82, 2.24) is 15.1 Å². The van der Waals surface area contributed by atoms with E-state index in [1.54, 1.807) is 11.1 Å². The average molecular weight is 331 g/mol. The van der Waals surface area contributed by atoms with Gasteiger partial charge in [-0.05, 0) is 33.4 Å². The van der Waals surface area contributed by atoms with Crippen LogP contribution in [0.3, 0.4) is 0 Å². The van der Waals surface area contributed by atoms with Crippen molar-refractivity contribution in [1.29, 1.82) is 0 Å². The number of likely N-dealkylation sites (N-methyl/N-ethyl adjacent to an activating group) is 1. The molecule has 1 aliphatic heterocycles. The number of sulfone groups is 1. The van der Waals surface area contributed by atoms with Gasteiger partial charge in [0.2, 0.25) is 0 Å². The van der Waals surface area contributed by atoms with Crippen molar-refractivity contribution in [2.24, 2.45) is 5.92 Å². The molecule has 2 amide bonds. The van der Waals surface area contributed by atoms with Crippen molar-refractivity contribution in [2.45, 2.75) is 33.2 Å². The second kappa shape index (κ2) is 7.97. The molecule has 0 aromatic rings. The Kier molecular flexibility index (Phi) is 6.87. The summed E-state index contributed by atoms with van der Waals surface area (Å²) in [5, 5.41) is 2.80. The first kappa shape index (κ1) is 19.0. The average Bonchev–Trinajstić information content (AvgIpc) is 2.75. The second-order valence-corrected chi connectivity index (χ2v) is 8.77. The number of nitrogens with zero attached hydrogens (tertiary/aromatic N) is 2. The SMILES string of the molecule is C/C(=C\NC(=O)N(CCN(C)C)C1CCS(=O)(=O)C1)C(C)C. The highest BCUT2D eigenvalue weighted by atomic mass is 32.2. The Hall–Kier alpha value is -1.08. The molecular weight excluding hydrogens is 302 g/mol. The van der Waals surface area contributed by atoms with E-state index in [-0.39, 0.29) is 23.6 Å². The quantitative estimate of drug-likeness (QED) is 0.797. The number of carbonyl (C=O) groups excluding carboxylic acids is 1. The van der Waals surface area contributed by atoms with Crippen LogP contribution in [0.15, 0.2) is 11.8 Å². The molecular formula is C15H29N3O3S. The van der Waals surface area contributed by atoms with Crippen molar-refractivity contribution in [3.63, 3.8) is 0 Å². The van der Waals surface area contributed by atoms with Crippen LogP contribution in [0, 0.1) is 5.92 Å². The number of nitrogens with one attached hydrogen (secondary N) is 1. The van der Waals surface area contributed by atoms with Gasteiger partial charge in [0.1, 0.15) is 0 Å². The summed E-state index contributed by atoms with van der Waals surface area (Å²) in [6.07, 6.45) is 2.25. The third kappa shape index (κ3) is 5.96. The van der Waals surface area contributed by atoms with Crippen LogP contribution in [-0.2, 0) is 9.84 Å². The molecule has 0 aromatic heterocycles. The van der Waals surface area contributed by atoms with Gasteiger partial charge >= 0.3 is 6.03 Å². The van der Waals surface area contributed by atoms with Crippen LogP contribution in [0.1, 0.15) is 27.2 Å². The number of rotatable bonds is 6. The summed E-state index contributed by atoms with van der Waals surface area (Å²) in [5.41, 5.74) is 1.08. The van der Waals surface area contributed by atoms with Gasteiger partial charge in [-0.1, -0.05) is 19.4 Å². The van der Waals surface area contributed by atoms with Crippen LogP contribution in [0.2, 0.25) is 0 Å². The van der Waals surface area contributed by atoms with Gasteiger partial charge in [-0.2, -0.15) is 0 Å². The number of hydrogen-bond acceptors (Lipinski definition) is 4. The standard InChI is InChI=1S/C15H29N3O3S/c1-12(2)13(3)10-16-15(19)18(8-7-17(4)5)14-6-9-22(20,21)11-14/h10,12,14H,6-9,11H2,1-5H3,(H,16,19)/b13-10+. The van der Waals surface area contributed by atoms with E-state index >= 15 is 0 Å². The molecule has 128 valence electrons. The Bertz CT molecular complexity index is 512. The molecule has 0 bridgehead atoms. The fraction of sp³-hybridized carbons (Fsp3) is 0.800. The van der Waals surface area contributed by atoms with Crippen molar-refractivity contribution in [3.05, 3.63) is 11.8 Å². The lowest BCUT2D eigenvalue weighted by Crippen LogP contribution is -2.48. The summed E-state index contributed by atoms with van der Waals surface area (Å²) < 4.78 is 23.4. The lowest BCUT2D eigenvalue weighted by molar-refractivity contribution is 0.176. The van der Waals surface area contributed by atoms with Crippen molar-refractivity contribution in [3.8, 4) is 0 Å². The minimum atomic E-state index is -3.01. The van der Waals surface area contributed by atoms with E-state index in [1.165, 1.54) is 0 Å². The fourth-order valence-corrected chi connectivity index (χ4v) is 3.93. The van der Waals surface area contributed by atoms with Gasteiger partial charge < -0.3 is 15.1 Å². The molecule has 0 aromatic carbocycles. The molecule has 7 heteroatoms. The molecule has 1 aliphatic rings. The van der Waals surface area contributed by atoms with Crippen LogP contribution in [0.5, 0.6) is 0 Å². The van der Waals surface area contributed by atoms with E-state index in [0.29, 0.717) is 25.4 Å². The molecule has 0 aliphatic carbocycles. The van der Waals surface area contributed by atoms with Crippen LogP contribution in [0.4, 0.5) is 4.79 Å². The third-order valence-corrected chi connectivity index (χ3v) is 5.78. The lowest BCUT2D eigenvalue weighted by atomic mass is 10.1. The lowest BCUT2D eigenvalue weighted by Gasteiger charge is -2.29. The Morgan fingerprint density at radius 3 is 2.41 bits per heavy atom. The van der Waals surface area contributed by atoms with Crippen LogP contribution in [0.25, 0.3) is 0 Å². The van der Waals surface area contributed by atoms with Crippen molar-refractivity contribution < 1.29 is 13.2 Å². The number of urea groups is 1. The minimum absolute atomic E-state index is 0.0702. The third-order valence-electron chi connectivity index (χ3n) is 4.03. The molecule has 1 saturated heterocycles. The maximum absolute atomic E-state index is 12.4. The maximum atomic E-state index is 12.4. The summed E-state index contributed by atoms with van der Waals surface area (Å²) in [5.74, 6) is 0.604. The molecule has 1 atom stereocenters. The zero-order chi connectivity index (χ0) is 16.9. The van der Waals surface area contributed by atoms with Gasteiger partial charge in [0.25, 0.3) is 0 Å². The largest absolute Gasteiger partial charge is 0.321 e. The van der Waals surface area contributed by atoms with E-state index in [1.807, 2.05) is 25.9 Å². The number of allylic oxidation sites excluding steroid dienone is 1. The molecule has 22 heavy (non-hydrogen) atoms. The summed E-state index contributed by atoms with van der Waals surface area (Å²) >= 11 is 0. The van der Waals surface area contributed by atoms with Gasteiger partial charge in [0.15, 0.2) is 9.84 Å². The Morgan fingerprint density at radius 1 is 1.32 bits per heavy atom. The van der Waals surface area contributed by atoms with Crippen molar-refractivity contribution in [2.75, 3.05) is 38.7 Å². The molecule has 0 radical (unpaired) electrons. The summed E-state index contributed by atoms with van der Waals surface area (Å²) in [6, 6.07) is -0.443. The summed E-state index contributed by atoms with van der Waals surface area (Å²) in [6.45, 7) is 7.32. The molecule has 0 spiro atoms. The maximum Gasteiger partial charge on any atom is 0.321 e. The summed E-state index contributed by atoms with van der Waals surface area (Å²) in [4.78, 5) is 16.1. The molecule has 1 heterocycles. The highest BCUT2D eigenvalue weighted by molar-refractivity contribution is 7.91. The normalized spacial score (nSPS) is 21.4. The molecule has 6 nitrogen and oxygen atoms in total. The molecule has 1 N–H and O–H groups in total. The van der Waals surface area contributed by atoms with Crippen LogP contribution >= 0.6 is 0 Å². The first-order valence-corrected chi connectivity index (χ1v) is 9.53. The van der Waals surface area contributed by atoms with Gasteiger partial charge in [-0.3, -0.25) is 0 Å². The highest BCUT2D eigenvalue weighted by Gasteiger charge is 2.34. The predicted molar refractivity (Wildman–Crippen MR) is 89.4 cm³/mol. The first-order chi connectivity index (χ1) is 10.1. The van der Waals surface area contributed by atoms with Gasteiger partial charge in [-0.25, -0.2) is 13.2 Å². The zero-order valence-corrected chi connectivity index (χ0v) is 15.1. The smallest absolute Gasteiger partial charge is 0.319 e. The Balaban J connectivity index is 2.77. The van der Waals surface area contributed by atoms with E-state index < -0.39 is 9.84 Å². The van der Waals surface area contributed by atoms with E-state index in [9.17, 15) is 13.2 Å². The number of carbonyl (C=O) groups is 1. The van der Waals surface area contributed by atoms with E-state index in [4.69, 9.17) is 0 Å². The molecule has 1 fully saturated rings. The number of amides is 2. The van der Waals surface area contributed by atoms with Gasteiger partial charge in [0.05, 0.1) is 11.5 Å². The fourth-order valence-electron chi connectivity index (χ4n) is 2.20. The predicted octanol–water partition coefficient (Wildman–Crippen LogP) is 1.31. The number of hydrogen-bond donors (Lipinski definition) is 1. The molecule has 0 saturated carbocycles. The molecule has 1 unspecified atom stereocenters. The zero-order valence-electron chi connectivity index (χ0n) is 14.3. The van der Waals surface area contributed by atoms with Crippen LogP contribution in [-0.4, -0.2) is 69.0 Å². The Morgan fingerprint density at radius 2 is 1.95 bits per heavy atom. The van der Waals surface area contributed by atoms with Gasteiger partial charge in [-0.15, -0.1) is 0 Å². The first-order valence-electron chi connectivity index (χ1n) is 7.71. The van der Waals surface area contributed by atoms with Crippen LogP contribution < -0.4 is 5.32 Å².